The number of anilines is 1. The standard InChI is InChI=1S/C21H20F4N4O2S/c1-28-12-20(26-13-28)32(30,31)29-10-18(14-3-2-4-16(22)9-14)19(11-29)27-17-7-5-15(6-8-17)21(23,24)25/h2-9,12-13,18-19,27H,10-11H2,1H3/t18-,19+/m1/s1. The molecule has 4 rings (SSSR count). The number of hydrogen-bond donors (Lipinski definition) is 1. The molecule has 2 atom stereocenters. The van der Waals surface area contributed by atoms with E-state index in [4.69, 9.17) is 0 Å². The SMILES string of the molecule is Cn1cnc(S(=O)(=O)N2C[C@H](Nc3ccc(C(F)(F)F)cc3)[C@@H](c3cccc(F)c3)C2)c1. The molecule has 2 heterocycles. The predicted molar refractivity (Wildman–Crippen MR) is 110 cm³/mol. The van der Waals surface area contributed by atoms with Crippen molar-refractivity contribution in [1.82, 2.24) is 13.9 Å². The summed E-state index contributed by atoms with van der Waals surface area (Å²) in [7, 11) is -2.25. The molecule has 1 fully saturated rings. The molecule has 6 nitrogen and oxygen atoms in total. The van der Waals surface area contributed by atoms with Gasteiger partial charge in [0.2, 0.25) is 0 Å². The third-order valence-electron chi connectivity index (χ3n) is 5.41. The van der Waals surface area contributed by atoms with Gasteiger partial charge in [0.15, 0.2) is 5.03 Å². The van der Waals surface area contributed by atoms with Crippen molar-refractivity contribution in [2.24, 2.45) is 7.05 Å². The zero-order valence-corrected chi connectivity index (χ0v) is 17.7. The third kappa shape index (κ3) is 4.49. The molecule has 1 N–H and O–H groups in total. The smallest absolute Gasteiger partial charge is 0.380 e. The molecule has 0 saturated carbocycles. The van der Waals surface area contributed by atoms with Gasteiger partial charge in [-0.05, 0) is 42.0 Å². The summed E-state index contributed by atoms with van der Waals surface area (Å²) in [6.45, 7) is 0.113. The number of imidazole rings is 1. The Hall–Kier alpha value is -2.92. The summed E-state index contributed by atoms with van der Waals surface area (Å²) in [4.78, 5) is 3.93. The van der Waals surface area contributed by atoms with Gasteiger partial charge >= 0.3 is 6.18 Å². The van der Waals surface area contributed by atoms with Crippen LogP contribution < -0.4 is 5.32 Å². The number of hydrogen-bond acceptors (Lipinski definition) is 4. The van der Waals surface area contributed by atoms with Gasteiger partial charge in [0, 0.05) is 44.0 Å². The Morgan fingerprint density at radius 3 is 2.41 bits per heavy atom. The Balaban J connectivity index is 1.63. The van der Waals surface area contributed by atoms with Crippen LogP contribution in [0.2, 0.25) is 0 Å². The highest BCUT2D eigenvalue weighted by Gasteiger charge is 2.41. The van der Waals surface area contributed by atoms with Gasteiger partial charge in [-0.15, -0.1) is 0 Å². The van der Waals surface area contributed by atoms with Crippen molar-refractivity contribution in [1.29, 1.82) is 0 Å². The topological polar surface area (TPSA) is 67.2 Å². The monoisotopic (exact) mass is 468 g/mol. The lowest BCUT2D eigenvalue weighted by atomic mass is 9.94. The molecule has 0 aliphatic carbocycles. The summed E-state index contributed by atoms with van der Waals surface area (Å²) < 4.78 is 81.3. The van der Waals surface area contributed by atoms with E-state index in [0.29, 0.717) is 11.3 Å². The number of aryl methyl sites for hydroxylation is 1. The van der Waals surface area contributed by atoms with Crippen LogP contribution in [0.25, 0.3) is 0 Å². The quantitative estimate of drug-likeness (QED) is 0.578. The first-order valence-corrected chi connectivity index (χ1v) is 11.2. The van der Waals surface area contributed by atoms with Crippen molar-refractivity contribution in [3.05, 3.63) is 78.0 Å². The Kier molecular flexibility index (Phi) is 5.72. The predicted octanol–water partition coefficient (Wildman–Crippen LogP) is 3.85. The van der Waals surface area contributed by atoms with Crippen molar-refractivity contribution < 1.29 is 26.0 Å². The highest BCUT2D eigenvalue weighted by atomic mass is 32.2. The highest BCUT2D eigenvalue weighted by Crippen LogP contribution is 2.34. The first-order chi connectivity index (χ1) is 15.0. The van der Waals surface area contributed by atoms with E-state index >= 15 is 0 Å². The summed E-state index contributed by atoms with van der Waals surface area (Å²) in [5, 5.41) is 3.02. The lowest BCUT2D eigenvalue weighted by molar-refractivity contribution is -0.137. The van der Waals surface area contributed by atoms with E-state index in [9.17, 15) is 26.0 Å². The van der Waals surface area contributed by atoms with Crippen LogP contribution in [0.5, 0.6) is 0 Å². The fraction of sp³-hybridized carbons (Fsp3) is 0.286. The zero-order chi connectivity index (χ0) is 23.1. The van der Waals surface area contributed by atoms with Gasteiger partial charge in [-0.3, -0.25) is 0 Å². The molecule has 2 aromatic carbocycles. The Labute approximate surface area is 182 Å². The van der Waals surface area contributed by atoms with E-state index in [2.05, 4.69) is 10.3 Å². The van der Waals surface area contributed by atoms with Crippen LogP contribution in [0.3, 0.4) is 0 Å². The molecular weight excluding hydrogens is 448 g/mol. The Morgan fingerprint density at radius 1 is 1.09 bits per heavy atom. The van der Waals surface area contributed by atoms with Crippen LogP contribution >= 0.6 is 0 Å². The Morgan fingerprint density at radius 2 is 1.81 bits per heavy atom. The van der Waals surface area contributed by atoms with Crippen LogP contribution in [0.4, 0.5) is 23.2 Å². The fourth-order valence-corrected chi connectivity index (χ4v) is 5.27. The molecule has 32 heavy (non-hydrogen) atoms. The summed E-state index contributed by atoms with van der Waals surface area (Å²) in [6.07, 6.45) is -1.68. The van der Waals surface area contributed by atoms with Gasteiger partial charge in [-0.1, -0.05) is 12.1 Å². The Bertz CT molecular complexity index is 1210. The molecule has 1 aliphatic heterocycles. The van der Waals surface area contributed by atoms with Crippen LogP contribution in [-0.2, 0) is 23.2 Å². The maximum absolute atomic E-state index is 13.9. The minimum Gasteiger partial charge on any atom is -0.380 e. The molecule has 1 aromatic heterocycles. The zero-order valence-electron chi connectivity index (χ0n) is 16.9. The van der Waals surface area contributed by atoms with Gasteiger partial charge in [0.25, 0.3) is 10.0 Å². The molecule has 11 heteroatoms. The first-order valence-electron chi connectivity index (χ1n) is 9.71. The van der Waals surface area contributed by atoms with Gasteiger partial charge in [0.05, 0.1) is 11.9 Å². The largest absolute Gasteiger partial charge is 0.416 e. The second-order valence-electron chi connectivity index (χ2n) is 7.69. The second kappa shape index (κ2) is 8.21. The van der Waals surface area contributed by atoms with E-state index < -0.39 is 39.5 Å². The van der Waals surface area contributed by atoms with Crippen molar-refractivity contribution in [2.75, 3.05) is 18.4 Å². The third-order valence-corrected chi connectivity index (χ3v) is 7.13. The molecule has 0 amide bonds. The number of nitrogens with one attached hydrogen (secondary N) is 1. The van der Waals surface area contributed by atoms with Gasteiger partial charge in [-0.25, -0.2) is 17.8 Å². The molecule has 1 aliphatic rings. The second-order valence-corrected chi connectivity index (χ2v) is 9.57. The molecule has 3 aromatic rings. The molecule has 0 bridgehead atoms. The van der Waals surface area contributed by atoms with Crippen LogP contribution in [0, 0.1) is 5.82 Å². The number of aromatic nitrogens is 2. The minimum atomic E-state index is -4.45. The number of rotatable bonds is 5. The number of nitrogens with zero attached hydrogens (tertiary/aromatic N) is 3. The maximum Gasteiger partial charge on any atom is 0.416 e. The number of halogens is 4. The van der Waals surface area contributed by atoms with Crippen LogP contribution in [-0.4, -0.2) is 41.4 Å². The van der Waals surface area contributed by atoms with E-state index in [0.717, 1.165) is 12.1 Å². The normalized spacial score (nSPS) is 19.9. The van der Waals surface area contributed by atoms with Crippen LogP contribution in [0.1, 0.15) is 17.0 Å². The average molecular weight is 468 g/mol. The van der Waals surface area contributed by atoms with E-state index in [1.54, 1.807) is 13.1 Å². The van der Waals surface area contributed by atoms with Crippen molar-refractivity contribution in [3.8, 4) is 0 Å². The summed E-state index contributed by atoms with van der Waals surface area (Å²) in [6, 6.07) is 9.87. The minimum absolute atomic E-state index is 0.0428. The number of alkyl halides is 3. The number of benzene rings is 2. The molecule has 1 saturated heterocycles. The lowest BCUT2D eigenvalue weighted by Crippen LogP contribution is -2.32. The number of sulfonamides is 1. The molecule has 0 unspecified atom stereocenters. The molecule has 0 spiro atoms. The highest BCUT2D eigenvalue weighted by molar-refractivity contribution is 7.89. The van der Waals surface area contributed by atoms with Crippen molar-refractivity contribution >= 4 is 15.7 Å². The summed E-state index contributed by atoms with van der Waals surface area (Å²) in [5.41, 5.74) is 0.213. The van der Waals surface area contributed by atoms with E-state index in [1.165, 1.54) is 51.7 Å². The summed E-state index contributed by atoms with van der Waals surface area (Å²) >= 11 is 0. The van der Waals surface area contributed by atoms with Gasteiger partial charge < -0.3 is 9.88 Å². The maximum atomic E-state index is 13.9. The van der Waals surface area contributed by atoms with Crippen molar-refractivity contribution in [3.63, 3.8) is 0 Å². The fourth-order valence-electron chi connectivity index (χ4n) is 3.81. The van der Waals surface area contributed by atoms with E-state index in [1.807, 2.05) is 0 Å². The summed E-state index contributed by atoms with van der Waals surface area (Å²) in [5.74, 6) is -0.881. The first kappa shape index (κ1) is 22.3. The average Bonchev–Trinajstić information content (AvgIpc) is 3.35. The van der Waals surface area contributed by atoms with Gasteiger partial charge in [0.1, 0.15) is 5.82 Å². The molecule has 0 radical (unpaired) electrons. The van der Waals surface area contributed by atoms with Crippen LogP contribution in [0.15, 0.2) is 66.1 Å². The lowest BCUT2D eigenvalue weighted by Gasteiger charge is -2.21. The van der Waals surface area contributed by atoms with Gasteiger partial charge in [-0.2, -0.15) is 17.5 Å². The van der Waals surface area contributed by atoms with Crippen molar-refractivity contribution in [2.45, 2.75) is 23.2 Å². The van der Waals surface area contributed by atoms with E-state index in [-0.39, 0.29) is 18.1 Å². The molecular formula is C21H20F4N4O2S. The molecule has 170 valence electrons.